The van der Waals surface area contributed by atoms with Gasteiger partial charge in [0.25, 0.3) is 0 Å². The first kappa shape index (κ1) is 23.8. The number of primary amides is 1. The summed E-state index contributed by atoms with van der Waals surface area (Å²) in [6.45, 7) is 10.2. The second-order valence-corrected chi connectivity index (χ2v) is 8.20. The third-order valence-corrected chi connectivity index (χ3v) is 3.98. The highest BCUT2D eigenvalue weighted by Crippen LogP contribution is 2.24. The summed E-state index contributed by atoms with van der Waals surface area (Å²) in [5.74, 6) is 0.0557. The Balaban J connectivity index is 2.59. The molecule has 1 rings (SSSR count). The summed E-state index contributed by atoms with van der Waals surface area (Å²) in [5.41, 5.74) is 5.20. The normalized spacial score (nSPS) is 12.6. The number of phenolic OH excluding ortho intramolecular Hbond substituents is 1. The minimum Gasteiger partial charge on any atom is -0.507 e. The molecule has 7 heteroatoms. The van der Waals surface area contributed by atoms with Crippen molar-refractivity contribution in [2.24, 2.45) is 11.7 Å². The van der Waals surface area contributed by atoms with Gasteiger partial charge in [0.05, 0.1) is 6.61 Å². The highest BCUT2D eigenvalue weighted by Gasteiger charge is 2.27. The monoisotopic (exact) mass is 394 g/mol. The third-order valence-electron chi connectivity index (χ3n) is 3.98. The number of carbonyl (C=O) groups excluding carboxylic acids is 2. The van der Waals surface area contributed by atoms with Crippen molar-refractivity contribution >= 4 is 11.9 Å². The molecule has 4 N–H and O–H groups in total. The average molecular weight is 395 g/mol. The second-order valence-electron chi connectivity index (χ2n) is 8.20. The number of unbranched alkanes of at least 4 members (excludes halogenated alkanes) is 1. The van der Waals surface area contributed by atoms with Gasteiger partial charge in [0.1, 0.15) is 23.1 Å². The molecule has 0 aliphatic heterocycles. The van der Waals surface area contributed by atoms with Crippen LogP contribution in [0.5, 0.6) is 11.5 Å². The third kappa shape index (κ3) is 9.08. The first-order chi connectivity index (χ1) is 13.0. The lowest BCUT2D eigenvalue weighted by Crippen LogP contribution is -2.44. The summed E-state index contributed by atoms with van der Waals surface area (Å²) in [6, 6.07) is 4.60. The van der Waals surface area contributed by atoms with Crippen LogP contribution < -0.4 is 15.8 Å². The molecule has 0 spiro atoms. The molecule has 1 amide bonds. The maximum Gasteiger partial charge on any atom is 0.323 e. The van der Waals surface area contributed by atoms with E-state index in [1.165, 1.54) is 0 Å². The zero-order valence-corrected chi connectivity index (χ0v) is 17.6. The Morgan fingerprint density at radius 2 is 1.89 bits per heavy atom. The highest BCUT2D eigenvalue weighted by atomic mass is 16.6. The van der Waals surface area contributed by atoms with Gasteiger partial charge in [-0.15, -0.1) is 0 Å². The van der Waals surface area contributed by atoms with Gasteiger partial charge in [-0.3, -0.25) is 14.9 Å². The van der Waals surface area contributed by atoms with Crippen molar-refractivity contribution in [2.75, 3.05) is 6.61 Å². The molecule has 0 fully saturated rings. The van der Waals surface area contributed by atoms with E-state index in [1.807, 2.05) is 34.6 Å². The number of phenols is 1. The van der Waals surface area contributed by atoms with E-state index in [0.29, 0.717) is 43.7 Å². The molecule has 0 bridgehead atoms. The molecule has 0 aliphatic carbocycles. The average Bonchev–Trinajstić information content (AvgIpc) is 2.54. The lowest BCUT2D eigenvalue weighted by molar-refractivity contribution is -0.158. The number of ether oxygens (including phenoxy) is 2. The maximum atomic E-state index is 12.4. The summed E-state index contributed by atoms with van der Waals surface area (Å²) in [6.07, 6.45) is 1.72. The molecule has 7 nitrogen and oxygen atoms in total. The van der Waals surface area contributed by atoms with E-state index >= 15 is 0 Å². The van der Waals surface area contributed by atoms with Crippen LogP contribution in [0.2, 0.25) is 0 Å². The predicted molar refractivity (Wildman–Crippen MR) is 108 cm³/mol. The van der Waals surface area contributed by atoms with Crippen LogP contribution in [0.15, 0.2) is 18.2 Å². The summed E-state index contributed by atoms with van der Waals surface area (Å²) in [7, 11) is 0. The molecule has 1 aromatic rings. The van der Waals surface area contributed by atoms with Crippen molar-refractivity contribution < 1.29 is 24.2 Å². The van der Waals surface area contributed by atoms with Crippen molar-refractivity contribution in [3.63, 3.8) is 0 Å². The fourth-order valence-corrected chi connectivity index (χ4v) is 2.55. The molecule has 0 radical (unpaired) electrons. The Morgan fingerprint density at radius 1 is 1.21 bits per heavy atom. The minimum atomic E-state index is -0.551. The molecule has 158 valence electrons. The van der Waals surface area contributed by atoms with Gasteiger partial charge in [0.15, 0.2) is 0 Å². The number of hydrogen-bond acceptors (Lipinski definition) is 6. The van der Waals surface area contributed by atoms with Gasteiger partial charge in [-0.05, 0) is 45.6 Å². The van der Waals surface area contributed by atoms with Crippen LogP contribution in [-0.2, 0) is 20.9 Å². The number of benzene rings is 1. The minimum absolute atomic E-state index is 0.0417. The largest absolute Gasteiger partial charge is 0.507 e. The number of esters is 1. The van der Waals surface area contributed by atoms with Crippen LogP contribution in [0.25, 0.3) is 0 Å². The zero-order chi connectivity index (χ0) is 21.3. The molecule has 1 aromatic carbocycles. The van der Waals surface area contributed by atoms with Crippen LogP contribution >= 0.6 is 0 Å². The molecule has 28 heavy (non-hydrogen) atoms. The second kappa shape index (κ2) is 10.9. The smallest absolute Gasteiger partial charge is 0.323 e. The van der Waals surface area contributed by atoms with Gasteiger partial charge in [0.2, 0.25) is 5.91 Å². The van der Waals surface area contributed by atoms with Crippen LogP contribution in [-0.4, -0.2) is 35.2 Å². The Kier molecular flexibility index (Phi) is 9.25. The van der Waals surface area contributed by atoms with Gasteiger partial charge in [-0.25, -0.2) is 0 Å². The molecule has 0 unspecified atom stereocenters. The van der Waals surface area contributed by atoms with Crippen LogP contribution in [0.1, 0.15) is 59.4 Å². The molecule has 0 aliphatic rings. The van der Waals surface area contributed by atoms with Gasteiger partial charge in [-0.1, -0.05) is 19.9 Å². The number of rotatable bonds is 11. The van der Waals surface area contributed by atoms with E-state index in [9.17, 15) is 14.7 Å². The lowest BCUT2D eigenvalue weighted by Gasteiger charge is -2.26. The SMILES string of the molecule is CC(C)[C@H](NCc1ccc(OCCCCC(N)=O)cc1O)C(=O)OC(C)(C)C. The predicted octanol–water partition coefficient (Wildman–Crippen LogP) is 2.88. The van der Waals surface area contributed by atoms with E-state index in [-0.39, 0.29) is 23.5 Å². The number of nitrogens with one attached hydrogen (secondary N) is 1. The van der Waals surface area contributed by atoms with E-state index in [0.717, 1.165) is 0 Å². The van der Waals surface area contributed by atoms with Crippen molar-refractivity contribution in [2.45, 2.75) is 72.1 Å². The van der Waals surface area contributed by atoms with Gasteiger partial charge in [-0.2, -0.15) is 0 Å². The Bertz CT molecular complexity index is 653. The Morgan fingerprint density at radius 3 is 2.43 bits per heavy atom. The fourth-order valence-electron chi connectivity index (χ4n) is 2.55. The standard InChI is InChI=1S/C21H34N2O5/c1-14(2)19(20(26)28-21(3,4)5)23-13-15-9-10-16(12-17(15)24)27-11-7-6-8-18(22)25/h9-10,12,14,19,23-24H,6-8,11,13H2,1-5H3,(H2,22,25)/t19-/m0/s1. The number of amides is 1. The van der Waals surface area contributed by atoms with E-state index in [2.05, 4.69) is 5.32 Å². The molecule has 0 aromatic heterocycles. The summed E-state index contributed by atoms with van der Waals surface area (Å²) in [5, 5.41) is 13.4. The number of aromatic hydroxyl groups is 1. The highest BCUT2D eigenvalue weighted by molar-refractivity contribution is 5.76. The van der Waals surface area contributed by atoms with E-state index in [4.69, 9.17) is 15.2 Å². The van der Waals surface area contributed by atoms with Crippen molar-refractivity contribution in [1.29, 1.82) is 0 Å². The number of hydrogen-bond donors (Lipinski definition) is 3. The van der Waals surface area contributed by atoms with Crippen LogP contribution in [0.4, 0.5) is 0 Å². The molecular formula is C21H34N2O5. The topological polar surface area (TPSA) is 111 Å². The van der Waals surface area contributed by atoms with Gasteiger partial charge >= 0.3 is 5.97 Å². The van der Waals surface area contributed by atoms with Crippen molar-refractivity contribution in [3.05, 3.63) is 23.8 Å². The first-order valence-corrected chi connectivity index (χ1v) is 9.69. The number of carbonyl (C=O) groups is 2. The lowest BCUT2D eigenvalue weighted by atomic mass is 10.0. The van der Waals surface area contributed by atoms with Gasteiger partial charge < -0.3 is 20.3 Å². The molecule has 0 heterocycles. The summed E-state index contributed by atoms with van der Waals surface area (Å²) in [4.78, 5) is 23.1. The zero-order valence-electron chi connectivity index (χ0n) is 17.6. The van der Waals surface area contributed by atoms with E-state index in [1.54, 1.807) is 18.2 Å². The fraction of sp³-hybridized carbons (Fsp3) is 0.619. The number of nitrogens with two attached hydrogens (primary N) is 1. The Labute approximate surface area is 167 Å². The van der Waals surface area contributed by atoms with Gasteiger partial charge in [0, 0.05) is 24.6 Å². The summed E-state index contributed by atoms with van der Waals surface area (Å²) < 4.78 is 11.0. The summed E-state index contributed by atoms with van der Waals surface area (Å²) >= 11 is 0. The van der Waals surface area contributed by atoms with Crippen LogP contribution in [0, 0.1) is 5.92 Å². The Hall–Kier alpha value is -2.28. The molecule has 0 saturated carbocycles. The van der Waals surface area contributed by atoms with Crippen molar-refractivity contribution in [1.82, 2.24) is 5.32 Å². The maximum absolute atomic E-state index is 12.4. The first-order valence-electron chi connectivity index (χ1n) is 9.69. The van der Waals surface area contributed by atoms with Crippen LogP contribution in [0.3, 0.4) is 0 Å². The quantitative estimate of drug-likeness (QED) is 0.393. The molecule has 0 saturated heterocycles. The van der Waals surface area contributed by atoms with Crippen molar-refractivity contribution in [3.8, 4) is 11.5 Å². The molecular weight excluding hydrogens is 360 g/mol. The van der Waals surface area contributed by atoms with E-state index < -0.39 is 11.6 Å². The molecule has 1 atom stereocenters.